The van der Waals surface area contributed by atoms with E-state index in [0.29, 0.717) is 21.9 Å². The first-order valence-corrected chi connectivity index (χ1v) is 6.01. The van der Waals surface area contributed by atoms with Gasteiger partial charge in [-0.15, -0.1) is 0 Å². The maximum atomic E-state index is 10.5. The number of methoxy groups -OCH3 is 1. The molecular weight excluding hydrogens is 289 g/mol. The Bertz CT molecular complexity index is 683. The van der Waals surface area contributed by atoms with Crippen LogP contribution in [0.1, 0.15) is 5.56 Å². The second kappa shape index (κ2) is 5.47. The van der Waals surface area contributed by atoms with Gasteiger partial charge in [-0.3, -0.25) is 0 Å². The number of rotatable bonds is 3. The van der Waals surface area contributed by atoms with Crippen molar-refractivity contribution in [2.24, 2.45) is 0 Å². The van der Waals surface area contributed by atoms with Crippen LogP contribution < -0.4 is 4.74 Å². The van der Waals surface area contributed by atoms with Crippen LogP contribution in [0.4, 0.5) is 0 Å². The number of benzene rings is 1. The third-order valence-corrected chi connectivity index (χ3v) is 3.07. The Hall–Kier alpha value is -1.78. The zero-order chi connectivity index (χ0) is 14.0. The van der Waals surface area contributed by atoms with Gasteiger partial charge in [0.25, 0.3) is 0 Å². The monoisotopic (exact) mass is 297 g/mol. The lowest BCUT2D eigenvalue weighted by Gasteiger charge is -2.06. The minimum atomic E-state index is -1.05. The topological polar surface area (TPSA) is 59.4 Å². The molecule has 98 valence electrons. The molecule has 4 nitrogen and oxygen atoms in total. The number of pyridine rings is 1. The van der Waals surface area contributed by atoms with Crippen LogP contribution in [0.3, 0.4) is 0 Å². The van der Waals surface area contributed by atoms with Gasteiger partial charge >= 0.3 is 5.97 Å². The summed E-state index contributed by atoms with van der Waals surface area (Å²) in [6.07, 6.45) is 2.39. The molecule has 1 N–H and O–H groups in total. The molecule has 2 rings (SSSR count). The molecule has 0 unspecified atom stereocenters. The summed E-state index contributed by atoms with van der Waals surface area (Å²) < 4.78 is 5.12. The van der Waals surface area contributed by atoms with Crippen LogP contribution in [-0.2, 0) is 4.79 Å². The molecule has 0 atom stereocenters. The third kappa shape index (κ3) is 2.97. The lowest BCUT2D eigenvalue weighted by Crippen LogP contribution is -1.90. The van der Waals surface area contributed by atoms with Crippen molar-refractivity contribution in [3.63, 3.8) is 0 Å². The number of carbonyl (C=O) groups is 1. The summed E-state index contributed by atoms with van der Waals surface area (Å²) >= 11 is 12.0. The van der Waals surface area contributed by atoms with E-state index in [4.69, 9.17) is 33.0 Å². The van der Waals surface area contributed by atoms with E-state index >= 15 is 0 Å². The summed E-state index contributed by atoms with van der Waals surface area (Å²) in [5.41, 5.74) is 1.13. The molecule has 0 saturated heterocycles. The molecule has 6 heteroatoms. The van der Waals surface area contributed by atoms with E-state index in [-0.39, 0.29) is 5.15 Å². The molecule has 0 aliphatic rings. The number of hydrogen-bond donors (Lipinski definition) is 1. The van der Waals surface area contributed by atoms with Crippen LogP contribution in [-0.4, -0.2) is 23.2 Å². The molecule has 2 aromatic rings. The minimum Gasteiger partial charge on any atom is -0.495 e. The van der Waals surface area contributed by atoms with Gasteiger partial charge in [0.1, 0.15) is 10.9 Å². The van der Waals surface area contributed by atoms with Crippen LogP contribution in [0.5, 0.6) is 5.75 Å². The molecule has 1 aromatic heterocycles. The van der Waals surface area contributed by atoms with E-state index in [0.717, 1.165) is 11.5 Å². The first-order chi connectivity index (χ1) is 9.01. The van der Waals surface area contributed by atoms with Gasteiger partial charge < -0.3 is 9.84 Å². The normalized spacial score (nSPS) is 11.1. The van der Waals surface area contributed by atoms with Gasteiger partial charge in [-0.05, 0) is 24.3 Å². The van der Waals surface area contributed by atoms with Crippen LogP contribution in [0.2, 0.25) is 10.2 Å². The Morgan fingerprint density at radius 3 is 2.74 bits per heavy atom. The summed E-state index contributed by atoms with van der Waals surface area (Å²) in [5, 5.41) is 10.0. The van der Waals surface area contributed by atoms with Crippen molar-refractivity contribution in [3.8, 4) is 5.75 Å². The molecule has 19 heavy (non-hydrogen) atoms. The fourth-order valence-electron chi connectivity index (χ4n) is 1.60. The van der Waals surface area contributed by atoms with E-state index in [1.165, 1.54) is 13.2 Å². The Balaban J connectivity index is 2.60. The summed E-state index contributed by atoms with van der Waals surface area (Å²) in [7, 11) is 1.52. The van der Waals surface area contributed by atoms with Crippen molar-refractivity contribution in [2.45, 2.75) is 0 Å². The van der Waals surface area contributed by atoms with Crippen molar-refractivity contribution in [2.75, 3.05) is 7.11 Å². The van der Waals surface area contributed by atoms with Crippen LogP contribution in [0, 0.1) is 0 Å². The van der Waals surface area contributed by atoms with E-state index in [2.05, 4.69) is 4.98 Å². The van der Waals surface area contributed by atoms with Gasteiger partial charge in [-0.2, -0.15) is 0 Å². The van der Waals surface area contributed by atoms with Gasteiger partial charge in [-0.1, -0.05) is 23.2 Å². The second-order valence-electron chi connectivity index (χ2n) is 3.72. The number of hydrogen-bond acceptors (Lipinski definition) is 3. The number of aromatic nitrogens is 1. The van der Waals surface area contributed by atoms with Gasteiger partial charge in [0.2, 0.25) is 0 Å². The first-order valence-electron chi connectivity index (χ1n) is 5.26. The molecule has 0 aliphatic carbocycles. The Morgan fingerprint density at radius 1 is 1.37 bits per heavy atom. The summed E-state index contributed by atoms with van der Waals surface area (Å²) in [6.45, 7) is 0. The van der Waals surface area contributed by atoms with Gasteiger partial charge in [0.15, 0.2) is 0 Å². The SMILES string of the molecule is COc1cc2cc(/C=C/C(=O)O)c(Cl)nc2cc1Cl. The molecule has 1 aromatic carbocycles. The molecule has 1 heterocycles. The summed E-state index contributed by atoms with van der Waals surface area (Å²) in [4.78, 5) is 14.7. The van der Waals surface area contributed by atoms with E-state index in [1.54, 1.807) is 18.2 Å². The van der Waals surface area contributed by atoms with Crippen molar-refractivity contribution in [1.29, 1.82) is 0 Å². The average Bonchev–Trinajstić information content (AvgIpc) is 2.35. The molecule has 0 saturated carbocycles. The summed E-state index contributed by atoms with van der Waals surface area (Å²) in [5.74, 6) is -0.531. The molecule has 0 bridgehead atoms. The number of ether oxygens (including phenoxy) is 1. The van der Waals surface area contributed by atoms with Crippen molar-refractivity contribution in [3.05, 3.63) is 40.0 Å². The predicted molar refractivity (Wildman–Crippen MR) is 75.0 cm³/mol. The number of halogens is 2. The third-order valence-electron chi connectivity index (χ3n) is 2.47. The first kappa shape index (κ1) is 13.6. The van der Waals surface area contributed by atoms with Crippen LogP contribution in [0.25, 0.3) is 17.0 Å². The zero-order valence-corrected chi connectivity index (χ0v) is 11.4. The Labute approximate surface area is 119 Å². The number of carboxylic acids is 1. The van der Waals surface area contributed by atoms with Crippen molar-refractivity contribution in [1.82, 2.24) is 4.98 Å². The van der Waals surface area contributed by atoms with Gasteiger partial charge in [0, 0.05) is 17.0 Å². The minimum absolute atomic E-state index is 0.214. The van der Waals surface area contributed by atoms with E-state index < -0.39 is 5.97 Å². The van der Waals surface area contributed by atoms with Gasteiger partial charge in [-0.25, -0.2) is 9.78 Å². The standard InChI is InChI=1S/C13H9Cl2NO3/c1-19-11-5-8-4-7(2-3-12(17)18)13(15)16-10(8)6-9(11)14/h2-6H,1H3,(H,17,18)/b3-2+. The average molecular weight is 298 g/mol. The largest absolute Gasteiger partial charge is 0.495 e. The fraction of sp³-hybridized carbons (Fsp3) is 0.0769. The molecular formula is C13H9Cl2NO3. The maximum absolute atomic E-state index is 10.5. The van der Waals surface area contributed by atoms with Crippen molar-refractivity contribution >= 4 is 46.2 Å². The van der Waals surface area contributed by atoms with E-state index in [1.807, 2.05) is 0 Å². The quantitative estimate of drug-likeness (QED) is 0.694. The Morgan fingerprint density at radius 2 is 2.11 bits per heavy atom. The smallest absolute Gasteiger partial charge is 0.328 e. The number of carboxylic acid groups (broad SMARTS) is 1. The summed E-state index contributed by atoms with van der Waals surface area (Å²) in [6, 6.07) is 5.09. The second-order valence-corrected chi connectivity index (χ2v) is 4.48. The molecule has 0 amide bonds. The highest BCUT2D eigenvalue weighted by atomic mass is 35.5. The highest BCUT2D eigenvalue weighted by Gasteiger charge is 2.08. The zero-order valence-electron chi connectivity index (χ0n) is 9.85. The lowest BCUT2D eigenvalue weighted by atomic mass is 10.1. The van der Waals surface area contributed by atoms with Gasteiger partial charge in [0.05, 0.1) is 17.6 Å². The van der Waals surface area contributed by atoms with Crippen LogP contribution >= 0.6 is 23.2 Å². The number of fused-ring (bicyclic) bond motifs is 1. The highest BCUT2D eigenvalue weighted by Crippen LogP contribution is 2.31. The Kier molecular flexibility index (Phi) is 3.93. The maximum Gasteiger partial charge on any atom is 0.328 e. The number of nitrogens with zero attached hydrogens (tertiary/aromatic N) is 1. The van der Waals surface area contributed by atoms with E-state index in [9.17, 15) is 4.79 Å². The van der Waals surface area contributed by atoms with Crippen molar-refractivity contribution < 1.29 is 14.6 Å². The fourth-order valence-corrected chi connectivity index (χ4v) is 2.05. The molecule has 0 radical (unpaired) electrons. The van der Waals surface area contributed by atoms with Crippen LogP contribution in [0.15, 0.2) is 24.3 Å². The lowest BCUT2D eigenvalue weighted by molar-refractivity contribution is -0.131. The molecule has 0 aliphatic heterocycles. The highest BCUT2D eigenvalue weighted by molar-refractivity contribution is 6.33. The molecule has 0 fully saturated rings. The number of aliphatic carboxylic acids is 1. The predicted octanol–water partition coefficient (Wildman–Crippen LogP) is 3.65. The molecule has 0 spiro atoms.